The highest BCUT2D eigenvalue weighted by Crippen LogP contribution is 2.33. The number of amides is 3. The fraction of sp³-hybridized carbons (Fsp3) is 0.895. The third-order valence-corrected chi connectivity index (χ3v) is 6.25. The van der Waals surface area contributed by atoms with Crippen molar-refractivity contribution in [1.82, 2.24) is 16.0 Å². The quantitative estimate of drug-likeness (QED) is 0.259. The van der Waals surface area contributed by atoms with Gasteiger partial charge >= 0.3 is 6.03 Å². The molecule has 2 aliphatic heterocycles. The molecular formula is C19H35N3O5S. The first-order valence-electron chi connectivity index (χ1n) is 10.4. The molecule has 28 heavy (non-hydrogen) atoms. The van der Waals surface area contributed by atoms with E-state index in [1.165, 1.54) is 0 Å². The highest BCUT2D eigenvalue weighted by molar-refractivity contribution is 8.00. The van der Waals surface area contributed by atoms with Crippen LogP contribution in [0.25, 0.3) is 0 Å². The van der Waals surface area contributed by atoms with Crippen molar-refractivity contribution in [3.05, 3.63) is 0 Å². The van der Waals surface area contributed by atoms with Gasteiger partial charge in [0.05, 0.1) is 45.1 Å². The predicted molar refractivity (Wildman–Crippen MR) is 110 cm³/mol. The third-order valence-electron chi connectivity index (χ3n) is 4.74. The average molecular weight is 418 g/mol. The van der Waals surface area contributed by atoms with Crippen LogP contribution in [0.4, 0.5) is 4.79 Å². The Morgan fingerprint density at radius 2 is 1.79 bits per heavy atom. The van der Waals surface area contributed by atoms with Gasteiger partial charge in [-0.3, -0.25) is 4.79 Å². The van der Waals surface area contributed by atoms with Gasteiger partial charge in [-0.15, -0.1) is 0 Å². The van der Waals surface area contributed by atoms with E-state index in [0.29, 0.717) is 51.2 Å². The van der Waals surface area contributed by atoms with Crippen molar-refractivity contribution in [2.75, 3.05) is 51.9 Å². The number of hydrogen-bond acceptors (Lipinski definition) is 6. The van der Waals surface area contributed by atoms with Gasteiger partial charge in [-0.1, -0.05) is 13.3 Å². The molecule has 2 fully saturated rings. The summed E-state index contributed by atoms with van der Waals surface area (Å²) >= 11 is 1.91. The Bertz CT molecular complexity index is 469. The maximum absolute atomic E-state index is 11.8. The number of carbonyl (C=O) groups is 2. The summed E-state index contributed by atoms with van der Waals surface area (Å²) in [4.78, 5) is 23.2. The van der Waals surface area contributed by atoms with Crippen LogP contribution >= 0.6 is 11.8 Å². The van der Waals surface area contributed by atoms with Crippen molar-refractivity contribution >= 4 is 23.7 Å². The molecule has 0 saturated carbocycles. The summed E-state index contributed by atoms with van der Waals surface area (Å²) in [6, 6.07) is 0.469. The summed E-state index contributed by atoms with van der Waals surface area (Å²) in [5.74, 6) is 1.05. The number of nitrogens with one attached hydrogen (secondary N) is 3. The average Bonchev–Trinajstić information content (AvgIpc) is 3.22. The van der Waals surface area contributed by atoms with Crippen molar-refractivity contribution in [3.63, 3.8) is 0 Å². The monoisotopic (exact) mass is 417 g/mol. The van der Waals surface area contributed by atoms with Gasteiger partial charge in [0.25, 0.3) is 0 Å². The largest absolute Gasteiger partial charge is 0.379 e. The van der Waals surface area contributed by atoms with E-state index < -0.39 is 0 Å². The van der Waals surface area contributed by atoms with Crippen LogP contribution in [-0.4, -0.2) is 81.2 Å². The minimum absolute atomic E-state index is 0.0468. The number of fused-ring (bicyclic) bond motifs is 1. The molecule has 2 rings (SSSR count). The van der Waals surface area contributed by atoms with Gasteiger partial charge in [0.15, 0.2) is 0 Å². The Morgan fingerprint density at radius 3 is 2.54 bits per heavy atom. The van der Waals surface area contributed by atoms with Gasteiger partial charge < -0.3 is 30.2 Å². The molecule has 0 radical (unpaired) electrons. The summed E-state index contributed by atoms with van der Waals surface area (Å²) < 4.78 is 16.1. The number of unbranched alkanes of at least 4 members (excludes halogenated alkanes) is 1. The number of rotatable bonds is 16. The molecule has 0 spiro atoms. The molecule has 162 valence electrons. The van der Waals surface area contributed by atoms with Crippen molar-refractivity contribution in [2.45, 2.75) is 56.4 Å². The zero-order valence-electron chi connectivity index (χ0n) is 16.9. The van der Waals surface area contributed by atoms with Gasteiger partial charge in [0.1, 0.15) is 0 Å². The van der Waals surface area contributed by atoms with E-state index >= 15 is 0 Å². The lowest BCUT2D eigenvalue weighted by Gasteiger charge is -2.16. The number of thioether (sulfide) groups is 1. The van der Waals surface area contributed by atoms with Gasteiger partial charge in [0.2, 0.25) is 5.91 Å². The lowest BCUT2D eigenvalue weighted by molar-refractivity contribution is -0.121. The minimum Gasteiger partial charge on any atom is -0.379 e. The van der Waals surface area contributed by atoms with E-state index in [9.17, 15) is 9.59 Å². The molecular weight excluding hydrogens is 382 g/mol. The lowest BCUT2D eigenvalue weighted by atomic mass is 10.0. The maximum atomic E-state index is 11.8. The second-order valence-corrected chi connectivity index (χ2v) is 8.33. The van der Waals surface area contributed by atoms with Crippen LogP contribution < -0.4 is 16.0 Å². The highest BCUT2D eigenvalue weighted by Gasteiger charge is 2.42. The molecule has 0 aliphatic carbocycles. The Balaban J connectivity index is 1.34. The molecule has 3 N–H and O–H groups in total. The fourth-order valence-electron chi connectivity index (χ4n) is 3.31. The van der Waals surface area contributed by atoms with Gasteiger partial charge in [-0.05, 0) is 19.3 Å². The van der Waals surface area contributed by atoms with Crippen LogP contribution in [0, 0.1) is 0 Å². The van der Waals surface area contributed by atoms with E-state index in [1.54, 1.807) is 0 Å². The maximum Gasteiger partial charge on any atom is 0.315 e. The van der Waals surface area contributed by atoms with E-state index in [0.717, 1.165) is 38.0 Å². The van der Waals surface area contributed by atoms with E-state index in [1.807, 2.05) is 11.8 Å². The number of carbonyl (C=O) groups excluding carboxylic acids is 2. The molecule has 3 atom stereocenters. The van der Waals surface area contributed by atoms with Gasteiger partial charge in [-0.2, -0.15) is 11.8 Å². The number of hydrogen-bond donors (Lipinski definition) is 3. The van der Waals surface area contributed by atoms with E-state index in [2.05, 4.69) is 22.9 Å². The van der Waals surface area contributed by atoms with Crippen LogP contribution in [0.3, 0.4) is 0 Å². The van der Waals surface area contributed by atoms with Crippen molar-refractivity contribution in [2.24, 2.45) is 0 Å². The predicted octanol–water partition coefficient (Wildman–Crippen LogP) is 1.29. The molecule has 2 aliphatic rings. The van der Waals surface area contributed by atoms with Crippen LogP contribution in [0.1, 0.15) is 39.0 Å². The zero-order chi connectivity index (χ0) is 20.0. The summed E-state index contributed by atoms with van der Waals surface area (Å²) in [5.41, 5.74) is 0. The van der Waals surface area contributed by atoms with Crippen LogP contribution in [0.5, 0.6) is 0 Å². The normalized spacial score (nSPS) is 23.3. The van der Waals surface area contributed by atoms with Gasteiger partial charge in [-0.25, -0.2) is 4.79 Å². The summed E-state index contributed by atoms with van der Waals surface area (Å²) in [7, 11) is 0. The first kappa shape index (κ1) is 23.3. The fourth-order valence-corrected chi connectivity index (χ4v) is 4.85. The molecule has 0 aromatic rings. The Kier molecular flexibility index (Phi) is 11.7. The first-order valence-corrected chi connectivity index (χ1v) is 11.4. The van der Waals surface area contributed by atoms with Crippen molar-refractivity contribution in [3.8, 4) is 0 Å². The molecule has 9 heteroatoms. The number of ether oxygens (including phenoxy) is 3. The lowest BCUT2D eigenvalue weighted by Crippen LogP contribution is -2.36. The first-order chi connectivity index (χ1) is 13.7. The standard InChI is InChI=1S/C19H35N3O5S/c1-2-8-25-10-12-27-13-11-26-9-7-20-17(23)6-4-3-5-16-18-15(14-28-16)21-19(24)22-18/h15-16,18H,2-14H2,1H3,(H,20,23)(H2,21,22,24)/t15?,16-,18?/m0/s1. The van der Waals surface area contributed by atoms with E-state index in [-0.39, 0.29) is 24.0 Å². The van der Waals surface area contributed by atoms with E-state index in [4.69, 9.17) is 14.2 Å². The second kappa shape index (κ2) is 14.0. The molecule has 0 bridgehead atoms. The number of urea groups is 1. The Hall–Kier alpha value is -1.03. The third kappa shape index (κ3) is 8.98. The summed E-state index contributed by atoms with van der Waals surface area (Å²) in [5, 5.41) is 9.29. The smallest absolute Gasteiger partial charge is 0.315 e. The molecule has 2 unspecified atom stereocenters. The highest BCUT2D eigenvalue weighted by atomic mass is 32.2. The molecule has 0 aromatic carbocycles. The second-order valence-electron chi connectivity index (χ2n) is 7.05. The Morgan fingerprint density at radius 1 is 1.07 bits per heavy atom. The SMILES string of the molecule is CCCOCCOCCOCCNC(=O)CCCC[C@@H]1SCC2NC(=O)NC21. The summed E-state index contributed by atoms with van der Waals surface area (Å²) in [6.45, 7) is 6.15. The van der Waals surface area contributed by atoms with Crippen LogP contribution in [-0.2, 0) is 19.0 Å². The van der Waals surface area contributed by atoms with Crippen LogP contribution in [0.15, 0.2) is 0 Å². The summed E-state index contributed by atoms with van der Waals surface area (Å²) in [6.07, 6.45) is 4.47. The van der Waals surface area contributed by atoms with Crippen molar-refractivity contribution in [1.29, 1.82) is 0 Å². The molecule has 2 heterocycles. The molecule has 0 aromatic heterocycles. The Labute approximate surface area is 172 Å². The topological polar surface area (TPSA) is 97.9 Å². The van der Waals surface area contributed by atoms with Crippen molar-refractivity contribution < 1.29 is 23.8 Å². The van der Waals surface area contributed by atoms with Gasteiger partial charge in [0, 0.05) is 30.6 Å². The molecule has 8 nitrogen and oxygen atoms in total. The minimum atomic E-state index is -0.0468. The zero-order valence-corrected chi connectivity index (χ0v) is 17.7. The molecule has 2 saturated heterocycles. The van der Waals surface area contributed by atoms with Crippen LogP contribution in [0.2, 0.25) is 0 Å². The molecule has 3 amide bonds.